The minimum atomic E-state index is -0.549. The molecule has 0 saturated heterocycles. The lowest BCUT2D eigenvalue weighted by Crippen LogP contribution is -2.39. The predicted molar refractivity (Wildman–Crippen MR) is 110 cm³/mol. The number of rotatable bonds is 4. The van der Waals surface area contributed by atoms with Crippen molar-refractivity contribution in [1.82, 2.24) is 9.88 Å². The zero-order valence-corrected chi connectivity index (χ0v) is 17.6. The lowest BCUT2D eigenvalue weighted by atomic mass is 10.0. The first-order chi connectivity index (χ1) is 14.1. The second-order valence-electron chi connectivity index (χ2n) is 8.17. The molecule has 30 heavy (non-hydrogen) atoms. The molecule has 160 valence electrons. The van der Waals surface area contributed by atoms with Crippen molar-refractivity contribution in [3.05, 3.63) is 53.0 Å². The number of nitrogens with zero attached hydrogens (tertiary/aromatic N) is 2. The van der Waals surface area contributed by atoms with Crippen LogP contribution in [0.5, 0.6) is 0 Å². The standard InChI is InChI=1S/C22H26FN3O4/c1-22(2,3)30-21(28)26-8-7-15-12-24-19(9-16(15)13-26)25-17-6-5-14(18(23)11-17)10-20(27)29-4/h5-6,9,11-12H,7-8,10,13H2,1-4H3,(H,24,25). The van der Waals surface area contributed by atoms with Crippen LogP contribution in [0.4, 0.5) is 20.7 Å². The fraction of sp³-hybridized carbons (Fsp3) is 0.409. The van der Waals surface area contributed by atoms with Gasteiger partial charge in [0.1, 0.15) is 17.2 Å². The van der Waals surface area contributed by atoms with E-state index < -0.39 is 17.4 Å². The normalized spacial score (nSPS) is 13.4. The van der Waals surface area contributed by atoms with Crippen molar-refractivity contribution in [3.8, 4) is 0 Å². The van der Waals surface area contributed by atoms with Crippen LogP contribution in [-0.4, -0.2) is 41.2 Å². The summed E-state index contributed by atoms with van der Waals surface area (Å²) in [4.78, 5) is 29.8. The van der Waals surface area contributed by atoms with Gasteiger partial charge in [-0.3, -0.25) is 4.79 Å². The van der Waals surface area contributed by atoms with E-state index in [1.165, 1.54) is 19.2 Å². The number of pyridine rings is 1. The second-order valence-corrected chi connectivity index (χ2v) is 8.17. The number of benzene rings is 1. The summed E-state index contributed by atoms with van der Waals surface area (Å²) in [5.41, 5.74) is 2.26. The first-order valence-corrected chi connectivity index (χ1v) is 9.72. The summed E-state index contributed by atoms with van der Waals surface area (Å²) in [5, 5.41) is 3.07. The number of ether oxygens (including phenoxy) is 2. The number of amides is 1. The maximum Gasteiger partial charge on any atom is 0.410 e. The van der Waals surface area contributed by atoms with Gasteiger partial charge >= 0.3 is 12.1 Å². The van der Waals surface area contributed by atoms with Crippen LogP contribution in [-0.2, 0) is 33.7 Å². The summed E-state index contributed by atoms with van der Waals surface area (Å²) in [6, 6.07) is 6.38. The second kappa shape index (κ2) is 8.69. The van der Waals surface area contributed by atoms with Gasteiger partial charge < -0.3 is 19.7 Å². The summed E-state index contributed by atoms with van der Waals surface area (Å²) in [5.74, 6) is -0.458. The monoisotopic (exact) mass is 415 g/mol. The lowest BCUT2D eigenvalue weighted by Gasteiger charge is -2.31. The summed E-state index contributed by atoms with van der Waals surface area (Å²) in [6.07, 6.45) is 1.99. The van der Waals surface area contributed by atoms with Crippen LogP contribution in [0.15, 0.2) is 30.5 Å². The predicted octanol–water partition coefficient (Wildman–Crippen LogP) is 3.97. The molecule has 7 nitrogen and oxygen atoms in total. The molecule has 1 amide bonds. The molecule has 0 radical (unpaired) electrons. The molecular weight excluding hydrogens is 389 g/mol. The van der Waals surface area contributed by atoms with Crippen molar-refractivity contribution in [2.45, 2.75) is 45.8 Å². The Balaban J connectivity index is 1.71. The van der Waals surface area contributed by atoms with Crippen molar-refractivity contribution >= 4 is 23.6 Å². The molecule has 0 unspecified atom stereocenters. The van der Waals surface area contributed by atoms with Crippen LogP contribution < -0.4 is 5.32 Å². The third-order valence-corrected chi connectivity index (χ3v) is 4.63. The number of hydrogen-bond acceptors (Lipinski definition) is 6. The average Bonchev–Trinajstić information content (AvgIpc) is 2.68. The smallest absolute Gasteiger partial charge is 0.410 e. The molecule has 3 rings (SSSR count). The van der Waals surface area contributed by atoms with Crippen LogP contribution in [0.2, 0.25) is 0 Å². The molecule has 1 aliphatic rings. The average molecular weight is 415 g/mol. The zero-order valence-electron chi connectivity index (χ0n) is 17.6. The topological polar surface area (TPSA) is 80.8 Å². The van der Waals surface area contributed by atoms with Crippen molar-refractivity contribution in [2.75, 3.05) is 19.0 Å². The van der Waals surface area contributed by atoms with E-state index in [1.807, 2.05) is 26.8 Å². The molecule has 1 N–H and O–H groups in total. The highest BCUT2D eigenvalue weighted by molar-refractivity contribution is 5.73. The maximum atomic E-state index is 14.3. The van der Waals surface area contributed by atoms with Crippen molar-refractivity contribution in [1.29, 1.82) is 0 Å². The highest BCUT2D eigenvalue weighted by atomic mass is 19.1. The Bertz CT molecular complexity index is 956. The Labute approximate surface area is 175 Å². The molecule has 1 aliphatic heterocycles. The van der Waals surface area contributed by atoms with E-state index in [1.54, 1.807) is 17.2 Å². The van der Waals surface area contributed by atoms with E-state index in [-0.39, 0.29) is 18.1 Å². The molecule has 2 heterocycles. The van der Waals surface area contributed by atoms with Crippen molar-refractivity contribution in [3.63, 3.8) is 0 Å². The third kappa shape index (κ3) is 5.46. The van der Waals surface area contributed by atoms with Gasteiger partial charge in [-0.1, -0.05) is 6.07 Å². The molecule has 0 bridgehead atoms. The Morgan fingerprint density at radius 1 is 1.23 bits per heavy atom. The van der Waals surface area contributed by atoms with Gasteiger partial charge in [0, 0.05) is 25.0 Å². The summed E-state index contributed by atoms with van der Waals surface area (Å²) >= 11 is 0. The number of halogens is 1. The van der Waals surface area contributed by atoms with Gasteiger partial charge in [-0.2, -0.15) is 0 Å². The van der Waals surface area contributed by atoms with Gasteiger partial charge in [-0.05, 0) is 62.1 Å². The SMILES string of the molecule is COC(=O)Cc1ccc(Nc2cc3c(cn2)CCN(C(=O)OC(C)(C)C)C3)cc1F. The first kappa shape index (κ1) is 21.5. The first-order valence-electron chi connectivity index (χ1n) is 9.72. The van der Waals surface area contributed by atoms with Gasteiger partial charge in [0.2, 0.25) is 0 Å². The van der Waals surface area contributed by atoms with Crippen molar-refractivity contribution < 1.29 is 23.5 Å². The van der Waals surface area contributed by atoms with Gasteiger partial charge in [-0.15, -0.1) is 0 Å². The Morgan fingerprint density at radius 2 is 2.00 bits per heavy atom. The zero-order chi connectivity index (χ0) is 21.9. The van der Waals surface area contributed by atoms with E-state index in [0.29, 0.717) is 31.0 Å². The molecule has 0 saturated carbocycles. The highest BCUT2D eigenvalue weighted by Gasteiger charge is 2.26. The van der Waals surface area contributed by atoms with Crippen LogP contribution in [0.25, 0.3) is 0 Å². The maximum absolute atomic E-state index is 14.3. The van der Waals surface area contributed by atoms with Gasteiger partial charge in [0.05, 0.1) is 13.5 Å². The minimum Gasteiger partial charge on any atom is -0.469 e. The fourth-order valence-corrected chi connectivity index (χ4v) is 3.13. The third-order valence-electron chi connectivity index (χ3n) is 4.63. The Kier molecular flexibility index (Phi) is 6.24. The molecular formula is C22H26FN3O4. The number of carbonyl (C=O) groups is 2. The quantitative estimate of drug-likeness (QED) is 0.761. The number of nitrogens with one attached hydrogen (secondary N) is 1. The van der Waals surface area contributed by atoms with E-state index >= 15 is 0 Å². The van der Waals surface area contributed by atoms with E-state index in [4.69, 9.17) is 4.74 Å². The summed E-state index contributed by atoms with van der Waals surface area (Å²) in [7, 11) is 1.27. The molecule has 8 heteroatoms. The lowest BCUT2D eigenvalue weighted by molar-refractivity contribution is -0.139. The number of esters is 1. The fourth-order valence-electron chi connectivity index (χ4n) is 3.13. The van der Waals surface area contributed by atoms with E-state index in [0.717, 1.165) is 11.1 Å². The number of fused-ring (bicyclic) bond motifs is 1. The van der Waals surface area contributed by atoms with Gasteiger partial charge in [0.15, 0.2) is 0 Å². The summed E-state index contributed by atoms with van der Waals surface area (Å²) < 4.78 is 24.3. The van der Waals surface area contributed by atoms with Crippen molar-refractivity contribution in [2.24, 2.45) is 0 Å². The number of hydrogen-bond donors (Lipinski definition) is 1. The van der Waals surface area contributed by atoms with Crippen LogP contribution in [0.3, 0.4) is 0 Å². The number of carbonyl (C=O) groups excluding carboxylic acids is 2. The Morgan fingerprint density at radius 3 is 2.67 bits per heavy atom. The van der Waals surface area contributed by atoms with Crippen LogP contribution in [0, 0.1) is 5.82 Å². The largest absolute Gasteiger partial charge is 0.469 e. The molecule has 1 aromatic heterocycles. The molecule has 1 aromatic carbocycles. The van der Waals surface area contributed by atoms with Gasteiger partial charge in [-0.25, -0.2) is 14.2 Å². The molecule has 0 fully saturated rings. The number of aromatic nitrogens is 1. The Hall–Kier alpha value is -3.16. The minimum absolute atomic E-state index is 0.125. The molecule has 2 aromatic rings. The summed E-state index contributed by atoms with van der Waals surface area (Å²) in [6.45, 7) is 6.51. The number of anilines is 2. The molecule has 0 aliphatic carbocycles. The highest BCUT2D eigenvalue weighted by Crippen LogP contribution is 2.25. The number of methoxy groups -OCH3 is 1. The molecule has 0 atom stereocenters. The van der Waals surface area contributed by atoms with E-state index in [9.17, 15) is 14.0 Å². The van der Waals surface area contributed by atoms with Crippen LogP contribution in [0.1, 0.15) is 37.5 Å². The van der Waals surface area contributed by atoms with Crippen LogP contribution >= 0.6 is 0 Å². The van der Waals surface area contributed by atoms with Gasteiger partial charge in [0.25, 0.3) is 0 Å². The van der Waals surface area contributed by atoms with E-state index in [2.05, 4.69) is 15.0 Å². The molecule has 0 spiro atoms.